The number of aryl methyl sites for hydroxylation is 1. The summed E-state index contributed by atoms with van der Waals surface area (Å²) in [5.41, 5.74) is -2.80. The summed E-state index contributed by atoms with van der Waals surface area (Å²) in [5, 5.41) is 13.4. The lowest BCUT2D eigenvalue weighted by Crippen LogP contribution is -2.49. The quantitative estimate of drug-likeness (QED) is 0.521. The minimum absolute atomic E-state index is 0.0133. The van der Waals surface area contributed by atoms with E-state index in [2.05, 4.69) is 10.2 Å². The molecule has 3 heterocycles. The topological polar surface area (TPSA) is 78.4 Å². The number of thioether (sulfide) groups is 1. The van der Waals surface area contributed by atoms with Gasteiger partial charge in [-0.25, -0.2) is 4.98 Å². The van der Waals surface area contributed by atoms with Crippen LogP contribution in [0.1, 0.15) is 55.7 Å². The molecule has 1 unspecified atom stereocenters. The van der Waals surface area contributed by atoms with Crippen molar-refractivity contribution in [3.05, 3.63) is 35.5 Å². The van der Waals surface area contributed by atoms with E-state index in [4.69, 9.17) is 9.97 Å². The van der Waals surface area contributed by atoms with Crippen molar-refractivity contribution in [2.75, 3.05) is 35.7 Å². The Kier molecular flexibility index (Phi) is 7.02. The van der Waals surface area contributed by atoms with Gasteiger partial charge in [0.25, 0.3) is 0 Å². The SMILES string of the molecule is O=S1CCCc2nc(N3CCC(c4ccc(SC(F)(F)F)cc4)CC3)nc(NC3(CO)CCC3)c21. The lowest BCUT2D eigenvalue weighted by atomic mass is 9.77. The average Bonchev–Trinajstić information content (AvgIpc) is 2.81. The summed E-state index contributed by atoms with van der Waals surface area (Å²) >= 11 is -0.0906. The Morgan fingerprint density at radius 1 is 1.14 bits per heavy atom. The van der Waals surface area contributed by atoms with Crippen molar-refractivity contribution in [1.82, 2.24) is 9.97 Å². The van der Waals surface area contributed by atoms with Crippen molar-refractivity contribution >= 4 is 34.3 Å². The van der Waals surface area contributed by atoms with Crippen LogP contribution in [0.25, 0.3) is 0 Å². The summed E-state index contributed by atoms with van der Waals surface area (Å²) in [7, 11) is -1.15. The fraction of sp³-hybridized carbons (Fsp3) is 0.583. The Bertz CT molecular complexity index is 1080. The maximum atomic E-state index is 12.8. The van der Waals surface area contributed by atoms with E-state index in [1.165, 1.54) is 0 Å². The van der Waals surface area contributed by atoms with Gasteiger partial charge in [0.2, 0.25) is 5.95 Å². The number of aliphatic hydroxyl groups is 1. The van der Waals surface area contributed by atoms with Crippen LogP contribution < -0.4 is 10.2 Å². The minimum atomic E-state index is -4.28. The molecule has 1 aromatic heterocycles. The molecule has 5 rings (SSSR count). The van der Waals surface area contributed by atoms with Gasteiger partial charge in [0.1, 0.15) is 10.7 Å². The highest BCUT2D eigenvalue weighted by atomic mass is 32.2. The number of piperidine rings is 1. The number of aliphatic hydroxyl groups excluding tert-OH is 1. The maximum absolute atomic E-state index is 12.8. The van der Waals surface area contributed by atoms with Crippen molar-refractivity contribution in [3.63, 3.8) is 0 Å². The molecule has 1 saturated heterocycles. The molecule has 0 radical (unpaired) electrons. The van der Waals surface area contributed by atoms with Gasteiger partial charge in [0.15, 0.2) is 0 Å². The standard InChI is InChI=1S/C24H29F3N4O2S2/c25-24(26,27)34-18-6-4-16(5-7-18)17-8-12-31(13-9-17)22-28-19-3-1-14-35(33)20(19)21(29-22)30-23(15-32)10-2-11-23/h4-7,17,32H,1-3,8-15H2,(H,28,29,30). The highest BCUT2D eigenvalue weighted by Crippen LogP contribution is 2.40. The van der Waals surface area contributed by atoms with Gasteiger partial charge in [-0.1, -0.05) is 12.1 Å². The van der Waals surface area contributed by atoms with Crippen LogP contribution in [0, 0.1) is 0 Å². The summed E-state index contributed by atoms with van der Waals surface area (Å²) < 4.78 is 50.6. The van der Waals surface area contributed by atoms with Gasteiger partial charge >= 0.3 is 5.51 Å². The van der Waals surface area contributed by atoms with E-state index in [1.807, 2.05) is 0 Å². The molecule has 0 spiro atoms. The number of nitrogens with zero attached hydrogens (tertiary/aromatic N) is 3. The number of aromatic nitrogens is 2. The van der Waals surface area contributed by atoms with Gasteiger partial charge in [-0.3, -0.25) is 4.21 Å². The monoisotopic (exact) mass is 526 g/mol. The number of alkyl halides is 3. The number of anilines is 2. The van der Waals surface area contributed by atoms with Gasteiger partial charge in [0, 0.05) is 23.7 Å². The fourth-order valence-corrected chi connectivity index (χ4v) is 7.00. The van der Waals surface area contributed by atoms with Crippen molar-refractivity contribution in [2.24, 2.45) is 0 Å². The lowest BCUT2D eigenvalue weighted by molar-refractivity contribution is -0.0328. The smallest absolute Gasteiger partial charge is 0.394 e. The third-order valence-corrected chi connectivity index (χ3v) is 9.54. The lowest BCUT2D eigenvalue weighted by Gasteiger charge is -2.42. The van der Waals surface area contributed by atoms with Crippen molar-refractivity contribution in [2.45, 2.75) is 71.7 Å². The predicted octanol–water partition coefficient (Wildman–Crippen LogP) is 4.85. The molecule has 1 aromatic carbocycles. The molecule has 3 aliphatic rings. The predicted molar refractivity (Wildman–Crippen MR) is 131 cm³/mol. The van der Waals surface area contributed by atoms with Crippen LogP contribution in [-0.4, -0.2) is 55.8 Å². The molecule has 6 nitrogen and oxygen atoms in total. The molecule has 35 heavy (non-hydrogen) atoms. The Hall–Kier alpha value is -1.85. The van der Waals surface area contributed by atoms with E-state index in [9.17, 15) is 22.5 Å². The van der Waals surface area contributed by atoms with E-state index in [1.54, 1.807) is 24.3 Å². The first-order valence-corrected chi connectivity index (χ1v) is 14.2. The van der Waals surface area contributed by atoms with Crippen LogP contribution in [0.2, 0.25) is 0 Å². The van der Waals surface area contributed by atoms with E-state index in [0.29, 0.717) is 22.4 Å². The Morgan fingerprint density at radius 2 is 1.86 bits per heavy atom. The van der Waals surface area contributed by atoms with Crippen molar-refractivity contribution in [3.8, 4) is 0 Å². The third-order valence-electron chi connectivity index (χ3n) is 7.25. The molecule has 190 valence electrons. The van der Waals surface area contributed by atoms with Crippen LogP contribution in [-0.2, 0) is 17.2 Å². The third kappa shape index (κ3) is 5.46. The number of nitrogens with one attached hydrogen (secondary N) is 1. The first-order valence-electron chi connectivity index (χ1n) is 12.0. The summed E-state index contributed by atoms with van der Waals surface area (Å²) in [6, 6.07) is 6.69. The van der Waals surface area contributed by atoms with Gasteiger partial charge in [-0.15, -0.1) is 0 Å². The van der Waals surface area contributed by atoms with Crippen LogP contribution >= 0.6 is 11.8 Å². The van der Waals surface area contributed by atoms with Crippen LogP contribution in [0.4, 0.5) is 24.9 Å². The second-order valence-corrected chi connectivity index (χ2v) is 12.2. The Morgan fingerprint density at radius 3 is 2.46 bits per heavy atom. The average molecular weight is 527 g/mol. The van der Waals surface area contributed by atoms with E-state index < -0.39 is 21.8 Å². The largest absolute Gasteiger partial charge is 0.446 e. The zero-order valence-corrected chi connectivity index (χ0v) is 20.9. The summed E-state index contributed by atoms with van der Waals surface area (Å²) in [5.74, 6) is 2.08. The molecule has 1 aliphatic carbocycles. The van der Waals surface area contributed by atoms with E-state index in [-0.39, 0.29) is 29.2 Å². The Balaban J connectivity index is 1.31. The van der Waals surface area contributed by atoms with Gasteiger partial charge in [-0.2, -0.15) is 18.2 Å². The van der Waals surface area contributed by atoms with Crippen LogP contribution in [0.15, 0.2) is 34.1 Å². The fourth-order valence-electron chi connectivity index (χ4n) is 5.12. The molecule has 2 aliphatic heterocycles. The normalized spacial score (nSPS) is 22.4. The molecule has 2 fully saturated rings. The van der Waals surface area contributed by atoms with Gasteiger partial charge in [-0.05, 0) is 80.3 Å². The number of rotatable bonds is 6. The molecule has 2 N–H and O–H groups in total. The molecule has 0 amide bonds. The first kappa shape index (κ1) is 24.8. The molecular weight excluding hydrogens is 497 g/mol. The molecule has 0 bridgehead atoms. The number of benzene rings is 1. The number of hydrogen-bond acceptors (Lipinski definition) is 7. The molecule has 11 heteroatoms. The molecular formula is C24H29F3N4O2S2. The molecule has 1 atom stereocenters. The van der Waals surface area contributed by atoms with Gasteiger partial charge in [0.05, 0.1) is 28.6 Å². The molecule has 2 aromatic rings. The second-order valence-electron chi connectivity index (χ2n) is 9.60. The van der Waals surface area contributed by atoms with E-state index in [0.717, 1.165) is 69.3 Å². The zero-order valence-electron chi connectivity index (χ0n) is 19.3. The first-order chi connectivity index (χ1) is 16.8. The summed E-state index contributed by atoms with van der Waals surface area (Å²) in [6.45, 7) is 1.48. The summed E-state index contributed by atoms with van der Waals surface area (Å²) in [6.07, 6.45) is 6.04. The van der Waals surface area contributed by atoms with E-state index >= 15 is 0 Å². The van der Waals surface area contributed by atoms with Crippen molar-refractivity contribution in [1.29, 1.82) is 0 Å². The molecule has 1 saturated carbocycles. The second kappa shape index (κ2) is 9.89. The summed E-state index contributed by atoms with van der Waals surface area (Å²) in [4.78, 5) is 12.6. The maximum Gasteiger partial charge on any atom is 0.446 e. The van der Waals surface area contributed by atoms with Gasteiger partial charge < -0.3 is 15.3 Å². The van der Waals surface area contributed by atoms with Crippen LogP contribution in [0.3, 0.4) is 0 Å². The van der Waals surface area contributed by atoms with Crippen LogP contribution in [0.5, 0.6) is 0 Å². The van der Waals surface area contributed by atoms with Crippen molar-refractivity contribution < 1.29 is 22.5 Å². The zero-order chi connectivity index (χ0) is 24.6. The minimum Gasteiger partial charge on any atom is -0.394 e. The Labute approximate surface area is 209 Å². The highest BCUT2D eigenvalue weighted by molar-refractivity contribution is 8.00. The number of hydrogen-bond donors (Lipinski definition) is 2. The number of halogens is 3. The highest BCUT2D eigenvalue weighted by Gasteiger charge is 2.39. The number of fused-ring (bicyclic) bond motifs is 1.